The molecule has 1 aliphatic carbocycles. The summed E-state index contributed by atoms with van der Waals surface area (Å²) in [5.74, 6) is 1.12. The lowest BCUT2D eigenvalue weighted by Crippen LogP contribution is -2.55. The molecule has 1 amide bonds. The van der Waals surface area contributed by atoms with E-state index in [4.69, 9.17) is 9.47 Å². The van der Waals surface area contributed by atoms with Gasteiger partial charge in [0.1, 0.15) is 19.3 Å². The van der Waals surface area contributed by atoms with Gasteiger partial charge in [-0.1, -0.05) is 44.9 Å². The van der Waals surface area contributed by atoms with E-state index in [1.165, 1.54) is 5.56 Å². The Balaban J connectivity index is 1.46. The van der Waals surface area contributed by atoms with Gasteiger partial charge in [-0.2, -0.15) is 4.72 Å². The molecular weight excluding hydrogens is 452 g/mol. The number of nitrogens with one attached hydrogen (secondary N) is 1. The third-order valence-corrected chi connectivity index (χ3v) is 8.79. The molecule has 34 heavy (non-hydrogen) atoms. The molecule has 5 rings (SSSR count). The van der Waals surface area contributed by atoms with Crippen molar-refractivity contribution in [2.75, 3.05) is 19.8 Å². The van der Waals surface area contributed by atoms with E-state index in [2.05, 4.69) is 10.8 Å². The smallest absolute Gasteiger partial charge is 0.241 e. The zero-order valence-electron chi connectivity index (χ0n) is 19.7. The Morgan fingerprint density at radius 1 is 1.03 bits per heavy atom. The molecule has 1 fully saturated rings. The van der Waals surface area contributed by atoms with E-state index in [1.54, 1.807) is 30.3 Å². The van der Waals surface area contributed by atoms with Gasteiger partial charge in [-0.25, -0.2) is 8.42 Å². The highest BCUT2D eigenvalue weighted by Gasteiger charge is 2.45. The Kier molecular flexibility index (Phi) is 6.06. The number of nitrogens with zero attached hydrogens (tertiary/aromatic N) is 1. The topological polar surface area (TPSA) is 84.9 Å². The van der Waals surface area contributed by atoms with Crippen molar-refractivity contribution in [3.8, 4) is 11.5 Å². The van der Waals surface area contributed by atoms with E-state index >= 15 is 0 Å². The quantitative estimate of drug-likeness (QED) is 0.701. The van der Waals surface area contributed by atoms with E-state index < -0.39 is 16.1 Å². The average molecular weight is 485 g/mol. The second-order valence-electron chi connectivity index (χ2n) is 9.99. The van der Waals surface area contributed by atoms with Crippen LogP contribution in [0.4, 0.5) is 0 Å². The van der Waals surface area contributed by atoms with E-state index in [0.29, 0.717) is 26.3 Å². The van der Waals surface area contributed by atoms with E-state index in [-0.39, 0.29) is 22.1 Å². The Hall–Kier alpha value is -2.58. The fourth-order valence-corrected chi connectivity index (χ4v) is 6.96. The number of rotatable bonds is 5. The van der Waals surface area contributed by atoms with Crippen molar-refractivity contribution in [3.63, 3.8) is 0 Å². The van der Waals surface area contributed by atoms with Gasteiger partial charge in [-0.15, -0.1) is 0 Å². The molecule has 0 saturated heterocycles. The SMILES string of the molecule is CC(C)[C@@H](NS(=O)(=O)c1ccccc1)C(=O)N1Cc2cc3c(cc2C2(CCCC2)C1)OCCO3. The number of hydrogen-bond donors (Lipinski definition) is 1. The molecule has 2 aromatic carbocycles. The molecule has 1 atom stereocenters. The van der Waals surface area contributed by atoms with Gasteiger partial charge in [0.25, 0.3) is 0 Å². The predicted molar refractivity (Wildman–Crippen MR) is 128 cm³/mol. The van der Waals surface area contributed by atoms with E-state index in [0.717, 1.165) is 42.7 Å². The summed E-state index contributed by atoms with van der Waals surface area (Å²) in [5, 5.41) is 0. The maximum atomic E-state index is 13.8. The van der Waals surface area contributed by atoms with Crippen LogP contribution in [0.1, 0.15) is 50.7 Å². The molecule has 8 heteroatoms. The minimum absolute atomic E-state index is 0.126. The summed E-state index contributed by atoms with van der Waals surface area (Å²) in [5.41, 5.74) is 2.20. The van der Waals surface area contributed by atoms with Crippen molar-refractivity contribution in [2.24, 2.45) is 5.92 Å². The largest absolute Gasteiger partial charge is 0.486 e. The molecule has 182 valence electrons. The van der Waals surface area contributed by atoms with Gasteiger partial charge in [-0.3, -0.25) is 4.79 Å². The van der Waals surface area contributed by atoms with Crippen LogP contribution in [0.3, 0.4) is 0 Å². The van der Waals surface area contributed by atoms with Crippen molar-refractivity contribution >= 4 is 15.9 Å². The van der Waals surface area contributed by atoms with Crippen LogP contribution in [0.15, 0.2) is 47.4 Å². The maximum absolute atomic E-state index is 13.8. The normalized spacial score (nSPS) is 19.8. The Labute approximate surface area is 201 Å². The van der Waals surface area contributed by atoms with Crippen molar-refractivity contribution in [1.82, 2.24) is 9.62 Å². The molecule has 0 aromatic heterocycles. The third kappa shape index (κ3) is 4.18. The highest BCUT2D eigenvalue weighted by Crippen LogP contribution is 2.49. The molecule has 0 radical (unpaired) electrons. The van der Waals surface area contributed by atoms with Gasteiger partial charge >= 0.3 is 0 Å². The lowest BCUT2D eigenvalue weighted by molar-refractivity contribution is -0.136. The van der Waals surface area contributed by atoms with Gasteiger partial charge < -0.3 is 14.4 Å². The molecule has 0 unspecified atom stereocenters. The predicted octanol–water partition coefficient (Wildman–Crippen LogP) is 3.61. The second kappa shape index (κ2) is 8.89. The number of fused-ring (bicyclic) bond motifs is 3. The van der Waals surface area contributed by atoms with Gasteiger partial charge in [0.2, 0.25) is 15.9 Å². The highest BCUT2D eigenvalue weighted by atomic mass is 32.2. The monoisotopic (exact) mass is 484 g/mol. The minimum atomic E-state index is -3.82. The number of ether oxygens (including phenoxy) is 2. The van der Waals surface area contributed by atoms with Gasteiger partial charge in [0.15, 0.2) is 11.5 Å². The number of amides is 1. The molecule has 1 N–H and O–H groups in total. The van der Waals surface area contributed by atoms with Crippen molar-refractivity contribution in [3.05, 3.63) is 53.6 Å². The summed E-state index contributed by atoms with van der Waals surface area (Å²) < 4.78 is 40.4. The fourth-order valence-electron chi connectivity index (χ4n) is 5.61. The van der Waals surface area contributed by atoms with E-state index in [1.807, 2.05) is 24.8 Å². The lowest BCUT2D eigenvalue weighted by Gasteiger charge is -2.44. The zero-order valence-corrected chi connectivity index (χ0v) is 20.6. The standard InChI is InChI=1S/C26H32N2O5S/c1-18(2)24(27-34(30,31)20-8-4-3-5-9-20)25(29)28-16-19-14-22-23(33-13-12-32-22)15-21(19)26(17-28)10-6-7-11-26/h3-5,8-9,14-15,18,24,27H,6-7,10-13,16-17H2,1-2H3/t24-/m1/s1. The van der Waals surface area contributed by atoms with Gasteiger partial charge in [0.05, 0.1) is 4.90 Å². The summed E-state index contributed by atoms with van der Waals surface area (Å²) in [7, 11) is -3.82. The first-order valence-electron chi connectivity index (χ1n) is 12.1. The van der Waals surface area contributed by atoms with Crippen LogP contribution in [0.25, 0.3) is 0 Å². The molecule has 7 nitrogen and oxygen atoms in total. The number of carbonyl (C=O) groups excluding carboxylic acids is 1. The summed E-state index contributed by atoms with van der Waals surface area (Å²) in [4.78, 5) is 15.8. The molecule has 2 heterocycles. The summed E-state index contributed by atoms with van der Waals surface area (Å²) >= 11 is 0. The summed E-state index contributed by atoms with van der Waals surface area (Å²) in [6.07, 6.45) is 4.24. The summed E-state index contributed by atoms with van der Waals surface area (Å²) in [6, 6.07) is 11.5. The van der Waals surface area contributed by atoms with Crippen LogP contribution in [-0.4, -0.2) is 45.0 Å². The van der Waals surface area contributed by atoms with Gasteiger partial charge in [0, 0.05) is 18.5 Å². The van der Waals surface area contributed by atoms with Crippen LogP contribution in [0.2, 0.25) is 0 Å². The zero-order chi connectivity index (χ0) is 23.9. The second-order valence-corrected chi connectivity index (χ2v) is 11.7. The first kappa shape index (κ1) is 23.2. The molecule has 3 aliphatic rings. The average Bonchev–Trinajstić information content (AvgIpc) is 3.30. The van der Waals surface area contributed by atoms with Crippen molar-refractivity contribution in [2.45, 2.75) is 62.4 Å². The Morgan fingerprint density at radius 2 is 1.68 bits per heavy atom. The lowest BCUT2D eigenvalue weighted by atomic mass is 9.73. The molecule has 1 saturated carbocycles. The van der Waals surface area contributed by atoms with Crippen molar-refractivity contribution < 1.29 is 22.7 Å². The molecule has 0 bridgehead atoms. The third-order valence-electron chi connectivity index (χ3n) is 7.33. The van der Waals surface area contributed by atoms with E-state index in [9.17, 15) is 13.2 Å². The molecule has 2 aliphatic heterocycles. The minimum Gasteiger partial charge on any atom is -0.486 e. The van der Waals surface area contributed by atoms with Crippen LogP contribution in [-0.2, 0) is 26.8 Å². The number of carbonyl (C=O) groups is 1. The maximum Gasteiger partial charge on any atom is 0.241 e. The molecule has 2 aromatic rings. The highest BCUT2D eigenvalue weighted by molar-refractivity contribution is 7.89. The Morgan fingerprint density at radius 3 is 2.32 bits per heavy atom. The summed E-state index contributed by atoms with van der Waals surface area (Å²) in [6.45, 7) is 5.83. The van der Waals surface area contributed by atoms with Crippen LogP contribution in [0.5, 0.6) is 11.5 Å². The van der Waals surface area contributed by atoms with Crippen molar-refractivity contribution in [1.29, 1.82) is 0 Å². The fraction of sp³-hybridized carbons (Fsp3) is 0.500. The van der Waals surface area contributed by atoms with Gasteiger partial charge in [-0.05, 0) is 54.2 Å². The Bertz CT molecular complexity index is 1170. The van der Waals surface area contributed by atoms with Crippen LogP contribution < -0.4 is 14.2 Å². The van der Waals surface area contributed by atoms with Crippen LogP contribution >= 0.6 is 0 Å². The molecular formula is C26H32N2O5S. The first-order valence-corrected chi connectivity index (χ1v) is 13.6. The molecule has 1 spiro atoms. The number of hydrogen-bond acceptors (Lipinski definition) is 5. The number of sulfonamides is 1. The van der Waals surface area contributed by atoms with Crippen LogP contribution in [0, 0.1) is 5.92 Å². The first-order chi connectivity index (χ1) is 16.3. The number of benzene rings is 2.